The highest BCUT2D eigenvalue weighted by molar-refractivity contribution is 6.32. The number of anilines is 1. The van der Waals surface area contributed by atoms with Gasteiger partial charge in [-0.2, -0.15) is 5.10 Å². The summed E-state index contributed by atoms with van der Waals surface area (Å²) in [5, 5.41) is 17.6. The van der Waals surface area contributed by atoms with Crippen LogP contribution in [0.4, 0.5) is 11.5 Å². The first kappa shape index (κ1) is 10.5. The van der Waals surface area contributed by atoms with Crippen LogP contribution in [0.3, 0.4) is 0 Å². The Labute approximate surface area is 83.6 Å². The largest absolute Gasteiger partial charge is 0.331 e. The summed E-state index contributed by atoms with van der Waals surface area (Å²) in [6.45, 7) is 1.46. The molecule has 1 aromatic heterocycles. The number of carbonyl (C=O) groups excluding carboxylic acids is 1. The lowest BCUT2D eigenvalue weighted by atomic mass is 10.4. The average Bonchev–Trinajstić information content (AvgIpc) is 2.52. The lowest BCUT2D eigenvalue weighted by Crippen LogP contribution is -2.21. The summed E-state index contributed by atoms with van der Waals surface area (Å²) < 4.78 is 0. The van der Waals surface area contributed by atoms with E-state index in [1.807, 2.05) is 0 Å². The van der Waals surface area contributed by atoms with E-state index in [0.717, 1.165) is 6.20 Å². The Bertz CT molecular complexity index is 362. The molecule has 0 aliphatic carbocycles. The fourth-order valence-electron chi connectivity index (χ4n) is 0.733. The second-order valence-electron chi connectivity index (χ2n) is 2.49. The van der Waals surface area contributed by atoms with Crippen molar-refractivity contribution in [1.29, 1.82) is 0 Å². The van der Waals surface area contributed by atoms with E-state index >= 15 is 0 Å². The van der Waals surface area contributed by atoms with Gasteiger partial charge in [-0.05, 0) is 6.92 Å². The number of nitrogens with zero attached hydrogens (tertiary/aromatic N) is 2. The minimum Gasteiger partial charge on any atom is -0.304 e. The van der Waals surface area contributed by atoms with Crippen molar-refractivity contribution in [1.82, 2.24) is 10.2 Å². The van der Waals surface area contributed by atoms with Crippen LogP contribution >= 0.6 is 11.6 Å². The van der Waals surface area contributed by atoms with Gasteiger partial charge in [0.25, 0.3) is 0 Å². The van der Waals surface area contributed by atoms with Gasteiger partial charge in [0, 0.05) is 0 Å². The number of carbonyl (C=O) groups is 1. The Morgan fingerprint density at radius 1 is 1.86 bits per heavy atom. The van der Waals surface area contributed by atoms with Gasteiger partial charge in [-0.25, -0.2) is 0 Å². The molecule has 1 atom stereocenters. The van der Waals surface area contributed by atoms with Gasteiger partial charge in [0.05, 0.1) is 4.92 Å². The quantitative estimate of drug-likeness (QED) is 0.447. The first-order chi connectivity index (χ1) is 6.52. The van der Waals surface area contributed by atoms with Crippen molar-refractivity contribution in [2.75, 3.05) is 5.32 Å². The zero-order valence-electron chi connectivity index (χ0n) is 7.15. The summed E-state index contributed by atoms with van der Waals surface area (Å²) in [5.74, 6) is -0.591. The number of H-pyrrole nitrogens is 1. The van der Waals surface area contributed by atoms with E-state index < -0.39 is 16.2 Å². The number of alkyl halides is 1. The van der Waals surface area contributed by atoms with E-state index in [-0.39, 0.29) is 11.5 Å². The van der Waals surface area contributed by atoms with Gasteiger partial charge < -0.3 is 5.32 Å². The van der Waals surface area contributed by atoms with Crippen LogP contribution in [0.15, 0.2) is 6.20 Å². The maximum Gasteiger partial charge on any atom is 0.331 e. The van der Waals surface area contributed by atoms with Gasteiger partial charge >= 0.3 is 5.69 Å². The number of nitro groups is 1. The minimum absolute atomic E-state index is 0.0625. The Morgan fingerprint density at radius 3 is 3.00 bits per heavy atom. The van der Waals surface area contributed by atoms with Crippen molar-refractivity contribution in [3.05, 3.63) is 16.3 Å². The van der Waals surface area contributed by atoms with E-state index in [0.29, 0.717) is 0 Å². The van der Waals surface area contributed by atoms with Crippen molar-refractivity contribution in [2.45, 2.75) is 12.3 Å². The summed E-state index contributed by atoms with van der Waals surface area (Å²) >= 11 is 5.46. The molecule has 1 rings (SSSR count). The Kier molecular flexibility index (Phi) is 3.03. The molecule has 76 valence electrons. The van der Waals surface area contributed by atoms with Crippen molar-refractivity contribution in [3.63, 3.8) is 0 Å². The zero-order chi connectivity index (χ0) is 10.7. The maximum absolute atomic E-state index is 11.1. The molecule has 0 aliphatic rings. The molecule has 0 saturated heterocycles. The highest BCUT2D eigenvalue weighted by Gasteiger charge is 2.19. The van der Waals surface area contributed by atoms with Gasteiger partial charge in [0.15, 0.2) is 0 Å². The van der Waals surface area contributed by atoms with E-state index in [4.69, 9.17) is 11.6 Å². The molecule has 0 aromatic carbocycles. The topological polar surface area (TPSA) is 101 Å². The molecule has 0 saturated carbocycles. The molecule has 2 N–H and O–H groups in total. The number of nitrogens with one attached hydrogen (secondary N) is 2. The minimum atomic E-state index is -0.766. The summed E-state index contributed by atoms with van der Waals surface area (Å²) in [4.78, 5) is 20.8. The molecule has 0 aliphatic heterocycles. The summed E-state index contributed by atoms with van der Waals surface area (Å²) in [5.41, 5.74) is -0.296. The number of aromatic amines is 1. The van der Waals surface area contributed by atoms with Gasteiger partial charge in [-0.1, -0.05) is 0 Å². The number of rotatable bonds is 3. The van der Waals surface area contributed by atoms with Crippen LogP contribution < -0.4 is 5.32 Å². The smallest absolute Gasteiger partial charge is 0.304 e. The van der Waals surface area contributed by atoms with E-state index in [9.17, 15) is 14.9 Å². The average molecular weight is 219 g/mol. The first-order valence-electron chi connectivity index (χ1n) is 3.65. The van der Waals surface area contributed by atoms with Crippen molar-refractivity contribution < 1.29 is 9.72 Å². The summed E-state index contributed by atoms with van der Waals surface area (Å²) in [6.07, 6.45) is 1.01. The van der Waals surface area contributed by atoms with Crippen LogP contribution in [-0.4, -0.2) is 26.4 Å². The first-order valence-corrected chi connectivity index (χ1v) is 4.08. The van der Waals surface area contributed by atoms with Crippen LogP contribution in [0.2, 0.25) is 0 Å². The third-order valence-electron chi connectivity index (χ3n) is 1.43. The highest BCUT2D eigenvalue weighted by Crippen LogP contribution is 2.20. The Balaban J connectivity index is 2.82. The van der Waals surface area contributed by atoms with Crippen molar-refractivity contribution >= 4 is 29.0 Å². The molecule has 0 spiro atoms. The SMILES string of the molecule is CC(Cl)C(=O)Nc1[nH]ncc1[N+](=O)[O-]. The fraction of sp³-hybridized carbons (Fsp3) is 0.333. The predicted molar refractivity (Wildman–Crippen MR) is 49.2 cm³/mol. The van der Waals surface area contributed by atoms with Crippen LogP contribution in [-0.2, 0) is 4.79 Å². The van der Waals surface area contributed by atoms with E-state index in [1.54, 1.807) is 0 Å². The molecule has 1 amide bonds. The van der Waals surface area contributed by atoms with Gasteiger partial charge in [0.2, 0.25) is 11.7 Å². The molecule has 0 bridgehead atoms. The number of hydrogen-bond donors (Lipinski definition) is 2. The number of hydrogen-bond acceptors (Lipinski definition) is 4. The van der Waals surface area contributed by atoms with Gasteiger partial charge in [-0.3, -0.25) is 20.0 Å². The Morgan fingerprint density at radius 2 is 2.50 bits per heavy atom. The molecule has 0 fully saturated rings. The number of amides is 1. The monoisotopic (exact) mass is 218 g/mol. The maximum atomic E-state index is 11.1. The Hall–Kier alpha value is -1.63. The molecule has 14 heavy (non-hydrogen) atoms. The van der Waals surface area contributed by atoms with E-state index in [2.05, 4.69) is 15.5 Å². The predicted octanol–water partition coefficient (Wildman–Crippen LogP) is 0.884. The van der Waals surface area contributed by atoms with Crippen LogP contribution in [0.25, 0.3) is 0 Å². The molecule has 0 radical (unpaired) electrons. The highest BCUT2D eigenvalue weighted by atomic mass is 35.5. The van der Waals surface area contributed by atoms with Crippen molar-refractivity contribution in [2.24, 2.45) is 0 Å². The molecule has 1 unspecified atom stereocenters. The van der Waals surface area contributed by atoms with Crippen molar-refractivity contribution in [3.8, 4) is 0 Å². The van der Waals surface area contributed by atoms with Crippen LogP contribution in [0.5, 0.6) is 0 Å². The third kappa shape index (κ3) is 2.19. The summed E-state index contributed by atoms with van der Waals surface area (Å²) in [6, 6.07) is 0. The number of halogens is 1. The van der Waals surface area contributed by atoms with Gasteiger partial charge in [0.1, 0.15) is 11.6 Å². The molecular weight excluding hydrogens is 212 g/mol. The molecular formula is C6H7ClN4O3. The van der Waals surface area contributed by atoms with Crippen LogP contribution in [0, 0.1) is 10.1 Å². The normalized spacial score (nSPS) is 12.1. The zero-order valence-corrected chi connectivity index (χ0v) is 7.91. The second-order valence-corrected chi connectivity index (χ2v) is 3.15. The lowest BCUT2D eigenvalue weighted by Gasteiger charge is -2.02. The van der Waals surface area contributed by atoms with Gasteiger partial charge in [-0.15, -0.1) is 11.6 Å². The lowest BCUT2D eigenvalue weighted by molar-refractivity contribution is -0.383. The standard InChI is InChI=1S/C6H7ClN4O3/c1-3(7)6(12)9-5-4(11(13)14)2-8-10-5/h2-3H,1H3,(H2,8,9,10,12). The summed E-state index contributed by atoms with van der Waals surface area (Å²) in [7, 11) is 0. The second kappa shape index (κ2) is 4.05. The number of aromatic nitrogens is 2. The van der Waals surface area contributed by atoms with Crippen LogP contribution in [0.1, 0.15) is 6.92 Å². The molecule has 8 heteroatoms. The molecule has 1 aromatic rings. The van der Waals surface area contributed by atoms with E-state index in [1.165, 1.54) is 6.92 Å². The fourth-order valence-corrected chi connectivity index (χ4v) is 0.787. The molecule has 1 heterocycles. The molecule has 7 nitrogen and oxygen atoms in total. The third-order valence-corrected chi connectivity index (χ3v) is 1.62.